The van der Waals surface area contributed by atoms with Crippen LogP contribution in [0.3, 0.4) is 0 Å². The van der Waals surface area contributed by atoms with Crippen LogP contribution in [0, 0.1) is 0 Å². The molecule has 32 heavy (non-hydrogen) atoms. The van der Waals surface area contributed by atoms with E-state index in [1.165, 1.54) is 0 Å². The van der Waals surface area contributed by atoms with Gasteiger partial charge in [-0.1, -0.05) is 30.3 Å². The van der Waals surface area contributed by atoms with E-state index in [4.69, 9.17) is 4.74 Å². The Morgan fingerprint density at radius 3 is 2.50 bits per heavy atom. The third kappa shape index (κ3) is 3.94. The third-order valence-electron chi connectivity index (χ3n) is 5.51. The molecule has 0 radical (unpaired) electrons. The number of amides is 1. The predicted molar refractivity (Wildman–Crippen MR) is 126 cm³/mol. The lowest BCUT2D eigenvalue weighted by molar-refractivity contribution is -0.133. The summed E-state index contributed by atoms with van der Waals surface area (Å²) in [5.74, 6) is 0.790. The summed E-state index contributed by atoms with van der Waals surface area (Å²) in [7, 11) is 9.03. The quantitative estimate of drug-likeness (QED) is 0.502. The van der Waals surface area contributed by atoms with Gasteiger partial charge in [-0.25, -0.2) is 4.98 Å². The Morgan fingerprint density at radius 1 is 1.00 bits per heavy atom. The molecular formula is C25H27N5O2. The number of hydrogen-bond acceptors (Lipinski definition) is 5. The highest BCUT2D eigenvalue weighted by Crippen LogP contribution is 2.35. The van der Waals surface area contributed by atoms with Gasteiger partial charge in [0.05, 0.1) is 7.11 Å². The molecule has 7 heteroatoms. The number of nitrogens with one attached hydrogen (secondary N) is 1. The minimum Gasteiger partial charge on any atom is -0.496 e. The number of para-hydroxylation sites is 1. The number of ether oxygens (including phenoxy) is 1. The van der Waals surface area contributed by atoms with E-state index in [-0.39, 0.29) is 11.9 Å². The minimum absolute atomic E-state index is 0.0361. The summed E-state index contributed by atoms with van der Waals surface area (Å²) in [4.78, 5) is 20.9. The van der Waals surface area contributed by atoms with E-state index in [1.807, 2.05) is 67.7 Å². The molecule has 0 fully saturated rings. The predicted octanol–water partition coefficient (Wildman–Crippen LogP) is 3.99. The van der Waals surface area contributed by atoms with Crippen molar-refractivity contribution in [1.29, 1.82) is 0 Å². The van der Waals surface area contributed by atoms with E-state index in [1.54, 1.807) is 26.1 Å². The summed E-state index contributed by atoms with van der Waals surface area (Å²) in [5.41, 5.74) is 5.27. The number of pyridine rings is 1. The monoisotopic (exact) mass is 429 g/mol. The normalized spacial score (nSPS) is 12.2. The number of methoxy groups -OCH3 is 1. The number of benzene rings is 2. The van der Waals surface area contributed by atoms with Crippen LogP contribution in [-0.2, 0) is 4.79 Å². The van der Waals surface area contributed by atoms with Crippen molar-refractivity contribution in [3.63, 3.8) is 0 Å². The zero-order chi connectivity index (χ0) is 22.8. The Balaban J connectivity index is 1.80. The van der Waals surface area contributed by atoms with Gasteiger partial charge in [-0.15, -0.1) is 0 Å². The molecule has 0 aliphatic carbocycles. The van der Waals surface area contributed by atoms with Crippen LogP contribution < -0.4 is 4.74 Å². The Hall–Kier alpha value is -3.71. The molecule has 7 nitrogen and oxygen atoms in total. The number of carbonyl (C=O) groups is 1. The Bertz CT molecular complexity index is 1260. The molecule has 0 aliphatic rings. The Morgan fingerprint density at radius 2 is 1.78 bits per heavy atom. The molecular weight excluding hydrogens is 402 g/mol. The summed E-state index contributed by atoms with van der Waals surface area (Å²) in [6, 6.07) is 17.6. The van der Waals surface area contributed by atoms with Crippen molar-refractivity contribution in [2.45, 2.75) is 6.04 Å². The molecule has 1 unspecified atom stereocenters. The van der Waals surface area contributed by atoms with Gasteiger partial charge in [-0.2, -0.15) is 5.10 Å². The van der Waals surface area contributed by atoms with Gasteiger partial charge in [0.1, 0.15) is 17.5 Å². The largest absolute Gasteiger partial charge is 0.496 e. The van der Waals surface area contributed by atoms with Crippen LogP contribution in [0.25, 0.3) is 33.4 Å². The minimum atomic E-state index is -0.361. The highest BCUT2D eigenvalue weighted by Gasteiger charge is 2.25. The summed E-state index contributed by atoms with van der Waals surface area (Å²) in [6.07, 6.45) is 1.82. The van der Waals surface area contributed by atoms with Crippen LogP contribution in [0.1, 0.15) is 11.6 Å². The lowest BCUT2D eigenvalue weighted by Gasteiger charge is -2.27. The first-order chi connectivity index (χ1) is 15.4. The fourth-order valence-electron chi connectivity index (χ4n) is 3.90. The second-order valence-corrected chi connectivity index (χ2v) is 8.12. The number of nitrogens with zero attached hydrogens (tertiary/aromatic N) is 4. The molecule has 164 valence electrons. The van der Waals surface area contributed by atoms with Gasteiger partial charge in [-0.05, 0) is 49.5 Å². The van der Waals surface area contributed by atoms with Gasteiger partial charge in [-0.3, -0.25) is 14.8 Å². The van der Waals surface area contributed by atoms with Crippen LogP contribution in [0.2, 0.25) is 0 Å². The lowest BCUT2D eigenvalue weighted by atomic mass is 9.98. The maximum absolute atomic E-state index is 12.8. The molecule has 2 aromatic heterocycles. The van der Waals surface area contributed by atoms with E-state index >= 15 is 0 Å². The third-order valence-corrected chi connectivity index (χ3v) is 5.51. The van der Waals surface area contributed by atoms with E-state index in [0.717, 1.165) is 39.1 Å². The smallest absolute Gasteiger partial charge is 0.243 e. The van der Waals surface area contributed by atoms with Crippen molar-refractivity contribution >= 4 is 16.9 Å². The van der Waals surface area contributed by atoms with Crippen LogP contribution in [0.5, 0.6) is 5.75 Å². The number of aromatic amines is 1. The van der Waals surface area contributed by atoms with Gasteiger partial charge in [0.2, 0.25) is 5.91 Å². The summed E-state index contributed by atoms with van der Waals surface area (Å²) in [5, 5.41) is 8.42. The molecule has 2 aromatic carbocycles. The average molecular weight is 430 g/mol. The topological polar surface area (TPSA) is 74.3 Å². The average Bonchev–Trinajstić information content (AvgIpc) is 3.22. The Kier molecular flexibility index (Phi) is 5.92. The van der Waals surface area contributed by atoms with E-state index in [2.05, 4.69) is 27.3 Å². The second-order valence-electron chi connectivity index (χ2n) is 8.12. The number of hydrogen-bond donors (Lipinski definition) is 1. The standard InChI is InChI=1S/C25H27N5O2/c1-29(2)23(25(31)30(3)4)17-10-8-9-16(13-17)18-14-20-22(27-28-24(20)26-15-18)19-11-6-7-12-21(19)32-5/h6-15,23H,1-5H3,(H,26,27,28). The maximum Gasteiger partial charge on any atom is 0.243 e. The van der Waals surface area contributed by atoms with Crippen LogP contribution >= 0.6 is 0 Å². The summed E-state index contributed by atoms with van der Waals surface area (Å²) < 4.78 is 5.52. The summed E-state index contributed by atoms with van der Waals surface area (Å²) >= 11 is 0. The second kappa shape index (κ2) is 8.80. The molecule has 0 spiro atoms. The number of H-pyrrole nitrogens is 1. The molecule has 4 aromatic rings. The zero-order valence-corrected chi connectivity index (χ0v) is 19.0. The number of rotatable bonds is 6. The molecule has 0 saturated carbocycles. The number of carbonyl (C=O) groups excluding carboxylic acids is 1. The van der Waals surface area contributed by atoms with E-state index < -0.39 is 0 Å². The van der Waals surface area contributed by atoms with E-state index in [0.29, 0.717) is 5.65 Å². The van der Waals surface area contributed by atoms with Gasteiger partial charge < -0.3 is 9.64 Å². The van der Waals surface area contributed by atoms with Gasteiger partial charge >= 0.3 is 0 Å². The first-order valence-electron chi connectivity index (χ1n) is 10.4. The number of likely N-dealkylation sites (N-methyl/N-ethyl adjacent to an activating group) is 2. The van der Waals surface area contributed by atoms with Crippen molar-refractivity contribution in [2.75, 3.05) is 35.3 Å². The first-order valence-corrected chi connectivity index (χ1v) is 10.4. The van der Waals surface area contributed by atoms with Gasteiger partial charge in [0, 0.05) is 36.8 Å². The fraction of sp³-hybridized carbons (Fsp3) is 0.240. The summed E-state index contributed by atoms with van der Waals surface area (Å²) in [6.45, 7) is 0. The van der Waals surface area contributed by atoms with Gasteiger partial charge in [0.25, 0.3) is 0 Å². The molecule has 0 aliphatic heterocycles. The molecule has 1 N–H and O–H groups in total. The van der Waals surface area contributed by atoms with E-state index in [9.17, 15) is 4.79 Å². The van der Waals surface area contributed by atoms with Crippen LogP contribution in [-0.4, -0.2) is 66.2 Å². The van der Waals surface area contributed by atoms with Gasteiger partial charge in [0.15, 0.2) is 5.65 Å². The zero-order valence-electron chi connectivity index (χ0n) is 19.0. The number of aromatic nitrogens is 3. The molecule has 4 rings (SSSR count). The van der Waals surface area contributed by atoms with Crippen molar-refractivity contribution in [3.05, 3.63) is 66.4 Å². The Labute approximate surface area is 187 Å². The fourth-order valence-corrected chi connectivity index (χ4v) is 3.90. The first kappa shape index (κ1) is 21.5. The number of fused-ring (bicyclic) bond motifs is 1. The maximum atomic E-state index is 12.8. The molecule has 1 amide bonds. The van der Waals surface area contributed by atoms with Crippen molar-refractivity contribution in [2.24, 2.45) is 0 Å². The molecule has 0 bridgehead atoms. The molecule has 2 heterocycles. The molecule has 0 saturated heterocycles. The SMILES string of the molecule is COc1ccccc1-c1n[nH]c2ncc(-c3cccc(C(C(=O)N(C)C)N(C)C)c3)cc12. The van der Waals surface area contributed by atoms with Crippen molar-refractivity contribution in [1.82, 2.24) is 25.0 Å². The highest BCUT2D eigenvalue weighted by molar-refractivity contribution is 5.94. The van der Waals surface area contributed by atoms with Crippen LogP contribution in [0.4, 0.5) is 0 Å². The van der Waals surface area contributed by atoms with Crippen molar-refractivity contribution < 1.29 is 9.53 Å². The van der Waals surface area contributed by atoms with Crippen LogP contribution in [0.15, 0.2) is 60.8 Å². The molecule has 1 atom stereocenters. The highest BCUT2D eigenvalue weighted by atomic mass is 16.5. The van der Waals surface area contributed by atoms with Crippen molar-refractivity contribution in [3.8, 4) is 28.1 Å². The lowest BCUT2D eigenvalue weighted by Crippen LogP contribution is -2.36.